The summed E-state index contributed by atoms with van der Waals surface area (Å²) < 4.78 is 17.6. The lowest BCUT2D eigenvalue weighted by atomic mass is 9.89. The van der Waals surface area contributed by atoms with Crippen molar-refractivity contribution in [2.24, 2.45) is 0 Å². The molecule has 2 aliphatic rings. The summed E-state index contributed by atoms with van der Waals surface area (Å²) >= 11 is 0. The normalized spacial score (nSPS) is 20.0. The number of nitrogens with one attached hydrogen (secondary N) is 2. The van der Waals surface area contributed by atoms with Crippen molar-refractivity contribution in [3.05, 3.63) is 83.4 Å². The van der Waals surface area contributed by atoms with Crippen LogP contribution in [0.3, 0.4) is 0 Å². The Morgan fingerprint density at radius 3 is 2.72 bits per heavy atom. The minimum Gasteiger partial charge on any atom is -0.496 e. The van der Waals surface area contributed by atoms with Gasteiger partial charge in [-0.05, 0) is 44.2 Å². The number of carbonyl (C=O) groups excluding carboxylic acids is 2. The maximum Gasteiger partial charge on any atom is 0.325 e. The molecule has 2 heterocycles. The molecule has 3 aromatic carbocycles. The van der Waals surface area contributed by atoms with E-state index < -0.39 is 5.72 Å². The van der Waals surface area contributed by atoms with Crippen LogP contribution < -0.4 is 29.7 Å². The molecule has 0 unspecified atom stereocenters. The molecule has 3 aromatic rings. The maximum atomic E-state index is 13.3. The molecule has 2 atom stereocenters. The molecule has 1 saturated heterocycles. The maximum absolute atomic E-state index is 13.3. The van der Waals surface area contributed by atoms with E-state index in [-0.39, 0.29) is 18.0 Å². The Morgan fingerprint density at radius 1 is 1.14 bits per heavy atom. The van der Waals surface area contributed by atoms with E-state index in [0.29, 0.717) is 48.1 Å². The number of anilines is 1. The molecule has 186 valence electrons. The first-order valence-electron chi connectivity index (χ1n) is 12.0. The lowest BCUT2D eigenvalue weighted by molar-refractivity contribution is 0.0343. The number of urea groups is 1. The van der Waals surface area contributed by atoms with E-state index in [1.54, 1.807) is 36.3 Å². The molecule has 0 aliphatic carbocycles. The molecule has 0 saturated carbocycles. The van der Waals surface area contributed by atoms with Crippen molar-refractivity contribution in [3.63, 3.8) is 0 Å². The van der Waals surface area contributed by atoms with Crippen LogP contribution in [0, 0.1) is 0 Å². The predicted molar refractivity (Wildman–Crippen MR) is 136 cm³/mol. The number of para-hydroxylation sites is 2. The second-order valence-electron chi connectivity index (χ2n) is 8.97. The highest BCUT2D eigenvalue weighted by Gasteiger charge is 2.50. The van der Waals surface area contributed by atoms with Crippen molar-refractivity contribution >= 4 is 17.6 Å². The molecule has 8 nitrogen and oxygen atoms in total. The fourth-order valence-corrected chi connectivity index (χ4v) is 4.93. The molecule has 3 amide bonds. The fraction of sp³-hybridized carbons (Fsp3) is 0.286. The van der Waals surface area contributed by atoms with Crippen molar-refractivity contribution in [2.45, 2.75) is 38.6 Å². The van der Waals surface area contributed by atoms with E-state index >= 15 is 0 Å². The summed E-state index contributed by atoms with van der Waals surface area (Å²) in [6.07, 6.45) is 0.547. The minimum atomic E-state index is -0.959. The van der Waals surface area contributed by atoms with Gasteiger partial charge in [-0.3, -0.25) is 9.69 Å². The van der Waals surface area contributed by atoms with Crippen LogP contribution in [0.15, 0.2) is 66.7 Å². The molecule has 36 heavy (non-hydrogen) atoms. The standard InChI is InChI=1S/C28H29N3O5/c1-4-35-24-14-8-12-21-22-16-28(2,36-25(21)24)31(27(33)30-22)20-11-7-10-18(15-20)26(32)29-17-19-9-5-6-13-23(19)34-3/h5-15,22H,4,16-17H2,1-3H3,(H,29,32)(H,30,33)/t22-,28+/m1/s1. The average Bonchev–Trinajstić information content (AvgIpc) is 2.88. The van der Waals surface area contributed by atoms with Crippen molar-refractivity contribution in [1.82, 2.24) is 10.6 Å². The number of methoxy groups -OCH3 is 1. The number of rotatable bonds is 7. The van der Waals surface area contributed by atoms with Crippen LogP contribution in [-0.4, -0.2) is 31.4 Å². The quantitative estimate of drug-likeness (QED) is 0.500. The van der Waals surface area contributed by atoms with Gasteiger partial charge in [0.05, 0.1) is 25.4 Å². The van der Waals surface area contributed by atoms with Gasteiger partial charge in [-0.1, -0.05) is 36.4 Å². The largest absolute Gasteiger partial charge is 0.496 e. The topological polar surface area (TPSA) is 89.1 Å². The van der Waals surface area contributed by atoms with E-state index in [9.17, 15) is 9.59 Å². The van der Waals surface area contributed by atoms with Gasteiger partial charge in [-0.15, -0.1) is 0 Å². The molecule has 2 N–H and O–H groups in total. The Labute approximate surface area is 210 Å². The molecule has 8 heteroatoms. The van der Waals surface area contributed by atoms with Gasteiger partial charge >= 0.3 is 6.03 Å². The van der Waals surface area contributed by atoms with Crippen molar-refractivity contribution in [3.8, 4) is 17.2 Å². The van der Waals surface area contributed by atoms with Crippen LogP contribution in [0.5, 0.6) is 17.2 Å². The zero-order valence-electron chi connectivity index (χ0n) is 20.5. The summed E-state index contributed by atoms with van der Waals surface area (Å²) in [5, 5.41) is 6.03. The van der Waals surface area contributed by atoms with E-state index in [1.807, 2.05) is 56.3 Å². The Morgan fingerprint density at radius 2 is 1.92 bits per heavy atom. The molecular formula is C28H29N3O5. The highest BCUT2D eigenvalue weighted by molar-refractivity contribution is 5.99. The number of carbonyl (C=O) groups is 2. The molecule has 1 fully saturated rings. The van der Waals surface area contributed by atoms with Gasteiger partial charge < -0.3 is 24.8 Å². The van der Waals surface area contributed by atoms with E-state index in [1.165, 1.54) is 0 Å². The summed E-state index contributed by atoms with van der Waals surface area (Å²) in [5.41, 5.74) is 1.82. The lowest BCUT2D eigenvalue weighted by Crippen LogP contribution is -2.65. The van der Waals surface area contributed by atoms with Gasteiger partial charge in [0.15, 0.2) is 17.2 Å². The highest BCUT2D eigenvalue weighted by Crippen LogP contribution is 2.49. The average molecular weight is 488 g/mol. The van der Waals surface area contributed by atoms with Gasteiger partial charge in [-0.25, -0.2) is 4.79 Å². The fourth-order valence-electron chi connectivity index (χ4n) is 4.93. The second-order valence-corrected chi connectivity index (χ2v) is 8.97. The van der Waals surface area contributed by atoms with E-state index in [4.69, 9.17) is 14.2 Å². The lowest BCUT2D eigenvalue weighted by Gasteiger charge is -2.50. The zero-order valence-corrected chi connectivity index (χ0v) is 20.5. The molecule has 0 spiro atoms. The Hall–Kier alpha value is -4.20. The summed E-state index contributed by atoms with van der Waals surface area (Å²) in [6.45, 7) is 4.63. The van der Waals surface area contributed by atoms with Crippen LogP contribution in [0.1, 0.15) is 47.8 Å². The zero-order chi connectivity index (χ0) is 25.3. The Bertz CT molecular complexity index is 1310. The van der Waals surface area contributed by atoms with E-state index in [0.717, 1.165) is 11.1 Å². The van der Waals surface area contributed by atoms with Gasteiger partial charge in [-0.2, -0.15) is 0 Å². The van der Waals surface area contributed by atoms with Gasteiger partial charge in [0, 0.05) is 29.7 Å². The third kappa shape index (κ3) is 4.19. The first-order chi connectivity index (χ1) is 17.4. The summed E-state index contributed by atoms with van der Waals surface area (Å²) in [7, 11) is 1.60. The Balaban J connectivity index is 1.41. The monoisotopic (exact) mass is 487 g/mol. The van der Waals surface area contributed by atoms with Crippen LogP contribution in [0.25, 0.3) is 0 Å². The van der Waals surface area contributed by atoms with Crippen LogP contribution in [0.2, 0.25) is 0 Å². The van der Waals surface area contributed by atoms with Crippen molar-refractivity contribution < 1.29 is 23.8 Å². The molecule has 2 bridgehead atoms. The minimum absolute atomic E-state index is 0.199. The van der Waals surface area contributed by atoms with Crippen molar-refractivity contribution in [2.75, 3.05) is 18.6 Å². The number of amides is 3. The first kappa shape index (κ1) is 23.5. The van der Waals surface area contributed by atoms with Crippen LogP contribution >= 0.6 is 0 Å². The number of benzene rings is 3. The van der Waals surface area contributed by atoms with Gasteiger partial charge in [0.25, 0.3) is 5.91 Å². The van der Waals surface area contributed by atoms with Gasteiger partial charge in [0.2, 0.25) is 0 Å². The van der Waals surface area contributed by atoms with E-state index in [2.05, 4.69) is 10.6 Å². The highest BCUT2D eigenvalue weighted by atomic mass is 16.5. The molecule has 5 rings (SSSR count). The molecule has 2 aliphatic heterocycles. The smallest absolute Gasteiger partial charge is 0.325 e. The summed E-state index contributed by atoms with van der Waals surface area (Å²) in [5.74, 6) is 1.73. The van der Waals surface area contributed by atoms with Crippen LogP contribution in [-0.2, 0) is 6.54 Å². The Kier molecular flexibility index (Phi) is 6.18. The third-order valence-corrected chi connectivity index (χ3v) is 6.56. The number of hydrogen-bond acceptors (Lipinski definition) is 5. The van der Waals surface area contributed by atoms with Gasteiger partial charge in [0.1, 0.15) is 5.75 Å². The number of nitrogens with zero attached hydrogens (tertiary/aromatic N) is 1. The predicted octanol–water partition coefficient (Wildman–Crippen LogP) is 4.79. The number of fused-ring (bicyclic) bond motifs is 4. The third-order valence-electron chi connectivity index (χ3n) is 6.56. The SMILES string of the molecule is CCOc1cccc2c1O[C@@]1(C)C[C@H]2NC(=O)N1c1cccc(C(=O)NCc2ccccc2OC)c1. The molecule has 0 aromatic heterocycles. The second kappa shape index (κ2) is 9.45. The summed E-state index contributed by atoms with van der Waals surface area (Å²) in [6, 6.07) is 19.8. The summed E-state index contributed by atoms with van der Waals surface area (Å²) in [4.78, 5) is 27.9. The number of hydrogen-bond donors (Lipinski definition) is 2. The number of ether oxygens (including phenoxy) is 3. The van der Waals surface area contributed by atoms with Crippen LogP contribution in [0.4, 0.5) is 10.5 Å². The van der Waals surface area contributed by atoms with Crippen molar-refractivity contribution in [1.29, 1.82) is 0 Å². The molecule has 0 radical (unpaired) electrons. The first-order valence-corrected chi connectivity index (χ1v) is 12.0. The molecular weight excluding hydrogens is 458 g/mol.